The molecule has 0 aromatic rings. The Morgan fingerprint density at radius 3 is 1.69 bits per heavy atom. The lowest BCUT2D eigenvalue weighted by molar-refractivity contribution is 0.531. The predicted molar refractivity (Wildman–Crippen MR) is 51.7 cm³/mol. The van der Waals surface area contributed by atoms with Gasteiger partial charge in [-0.3, -0.25) is 0 Å². The van der Waals surface area contributed by atoms with Crippen LogP contribution < -0.4 is 0 Å². The lowest BCUT2D eigenvalue weighted by atomic mass is 13.9. The molecule has 0 saturated carbocycles. The minimum atomic E-state index is -4.51. The van der Waals surface area contributed by atoms with Gasteiger partial charge in [-0.05, 0) is 22.5 Å². The maximum atomic E-state index is 10.3. The Kier molecular flexibility index (Phi) is 4.83. The van der Waals surface area contributed by atoms with Crippen molar-refractivity contribution in [2.45, 2.75) is 0 Å². The molecule has 0 spiro atoms. The van der Waals surface area contributed by atoms with Crippen molar-refractivity contribution in [3.63, 3.8) is 0 Å². The van der Waals surface area contributed by atoms with Crippen molar-refractivity contribution in [1.82, 2.24) is 0 Å². The number of rotatable bonds is 3. The number of hydrogen-bond acceptors (Lipinski definition) is 5. The zero-order valence-corrected chi connectivity index (χ0v) is 10.8. The van der Waals surface area contributed by atoms with Gasteiger partial charge in [-0.1, -0.05) is 0 Å². The smallest absolute Gasteiger partial charge is 0.188 e. The van der Waals surface area contributed by atoms with Crippen molar-refractivity contribution in [2.75, 3.05) is 0 Å². The second-order valence-electron chi connectivity index (χ2n) is 1.40. The lowest BCUT2D eigenvalue weighted by Crippen LogP contribution is -1.90. The molecular formula is Cl4NO5PS2. The lowest BCUT2D eigenvalue weighted by Gasteiger charge is -2.03. The summed E-state index contributed by atoms with van der Waals surface area (Å²) in [6, 6.07) is 0. The van der Waals surface area contributed by atoms with Crippen molar-refractivity contribution in [1.29, 1.82) is 0 Å². The summed E-state index contributed by atoms with van der Waals surface area (Å²) in [4.78, 5) is 0. The van der Waals surface area contributed by atoms with E-state index in [1.807, 2.05) is 0 Å². The third kappa shape index (κ3) is 9.55. The minimum absolute atomic E-state index is 2.52. The van der Waals surface area contributed by atoms with Crippen molar-refractivity contribution < 1.29 is 20.8 Å². The van der Waals surface area contributed by atoms with E-state index < -0.39 is 24.6 Å². The summed E-state index contributed by atoms with van der Waals surface area (Å²) in [6.07, 6.45) is 0. The molecule has 13 heteroatoms. The van der Waals surface area contributed by atoms with E-state index in [9.17, 15) is 16.8 Å². The molecule has 0 atom stereocenters. The van der Waals surface area contributed by atoms with Gasteiger partial charge in [0.05, 0.1) is 0 Å². The highest BCUT2D eigenvalue weighted by molar-refractivity contribution is 8.23. The van der Waals surface area contributed by atoms with Crippen molar-refractivity contribution in [3.05, 3.63) is 0 Å². The van der Waals surface area contributed by atoms with Crippen molar-refractivity contribution in [2.24, 2.45) is 4.15 Å². The second-order valence-corrected chi connectivity index (χ2v) is 10.7. The van der Waals surface area contributed by atoms with Crippen LogP contribution in [0.15, 0.2) is 4.15 Å². The van der Waals surface area contributed by atoms with Gasteiger partial charge in [0, 0.05) is 21.4 Å². The molecule has 0 unspecified atom stereocenters. The van der Waals surface area contributed by atoms with Gasteiger partial charge in [-0.15, -0.1) is 4.15 Å². The van der Waals surface area contributed by atoms with Crippen LogP contribution in [0.25, 0.3) is 0 Å². The van der Waals surface area contributed by atoms with E-state index in [2.05, 4.69) is 29.5 Å². The zero-order chi connectivity index (χ0) is 10.9. The molecule has 0 amide bonds. The minimum Gasteiger partial charge on any atom is -0.188 e. The molecule has 6 nitrogen and oxygen atoms in total. The Hall–Kier alpha value is 1.25. The summed E-state index contributed by atoms with van der Waals surface area (Å²) in [6.45, 7) is 0. The van der Waals surface area contributed by atoms with Gasteiger partial charge in [-0.2, -0.15) is 20.8 Å². The molecule has 0 aliphatic carbocycles. The molecule has 0 aromatic carbocycles. The zero-order valence-electron chi connectivity index (χ0n) is 5.26. The van der Waals surface area contributed by atoms with Gasteiger partial charge >= 0.3 is 18.6 Å². The predicted octanol–water partition coefficient (Wildman–Crippen LogP) is 2.39. The summed E-state index contributed by atoms with van der Waals surface area (Å²) in [7, 11) is 0.218. The molecule has 0 bridgehead atoms. The van der Waals surface area contributed by atoms with Crippen LogP contribution in [0.3, 0.4) is 0 Å². The maximum Gasteiger partial charge on any atom is 0.361 e. The summed E-state index contributed by atoms with van der Waals surface area (Å²) in [5, 5.41) is 0. The number of hydrogen-bond donors (Lipinski definition) is 0. The SMILES string of the molecule is O=S(=O)(Cl)N=P(Cl)(Cl)OS(=O)(=O)Cl. The topological polar surface area (TPSA) is 89.9 Å². The molecule has 0 heterocycles. The van der Waals surface area contributed by atoms with E-state index in [0.717, 1.165) is 0 Å². The maximum absolute atomic E-state index is 10.3. The third-order valence-electron chi connectivity index (χ3n) is 0.371. The van der Waals surface area contributed by atoms with Crippen LogP contribution in [0.4, 0.5) is 0 Å². The Bertz CT molecular complexity index is 427. The standard InChI is InChI=1S/Cl4NO5PS2/c1-11(2,5-12(3,6)7)10-13(4,8)9. The summed E-state index contributed by atoms with van der Waals surface area (Å²) < 4.78 is 47.3. The van der Waals surface area contributed by atoms with Gasteiger partial charge < -0.3 is 0 Å². The van der Waals surface area contributed by atoms with E-state index in [-0.39, 0.29) is 0 Å². The fourth-order valence-electron chi connectivity index (χ4n) is 0.234. The van der Waals surface area contributed by atoms with Crippen LogP contribution in [-0.2, 0) is 22.5 Å². The highest BCUT2D eigenvalue weighted by Gasteiger charge is 2.25. The van der Waals surface area contributed by atoms with Crippen LogP contribution >= 0.6 is 49.8 Å². The summed E-state index contributed by atoms with van der Waals surface area (Å²) >= 11 is 10.1. The van der Waals surface area contributed by atoms with Crippen molar-refractivity contribution >= 4 is 68.4 Å². The average molecular weight is 331 g/mol. The number of halogens is 4. The second kappa shape index (κ2) is 4.40. The molecular weight excluding hydrogens is 331 g/mol. The molecule has 0 fully saturated rings. The first-order valence-corrected chi connectivity index (χ1v) is 10.0. The molecule has 0 aliphatic heterocycles. The molecule has 0 rings (SSSR count). The Morgan fingerprint density at radius 1 is 1.08 bits per heavy atom. The van der Waals surface area contributed by atoms with Crippen LogP contribution in [0.5, 0.6) is 0 Å². The van der Waals surface area contributed by atoms with Gasteiger partial charge in [0.1, 0.15) is 0 Å². The summed E-state index contributed by atoms with van der Waals surface area (Å²) in [5.41, 5.74) is 0. The van der Waals surface area contributed by atoms with E-state index in [1.54, 1.807) is 0 Å². The van der Waals surface area contributed by atoms with Gasteiger partial charge in [-0.25, -0.2) is 0 Å². The third-order valence-corrected chi connectivity index (χ3v) is 6.53. The van der Waals surface area contributed by atoms with Crippen LogP contribution in [0.2, 0.25) is 0 Å². The van der Waals surface area contributed by atoms with Gasteiger partial charge in [0.2, 0.25) is 0 Å². The fraction of sp³-hybridized carbons (Fsp3) is 0. The first-order valence-electron chi connectivity index (χ1n) is 2.05. The molecule has 0 aromatic heterocycles. The highest BCUT2D eigenvalue weighted by Crippen LogP contribution is 2.63. The number of nitrogens with zero attached hydrogens (tertiary/aromatic N) is 1. The largest absolute Gasteiger partial charge is 0.361 e. The molecule has 0 N–H and O–H groups in total. The Labute approximate surface area is 93.0 Å². The van der Waals surface area contributed by atoms with Gasteiger partial charge in [0.15, 0.2) is 0 Å². The average Bonchev–Trinajstić information content (AvgIpc) is 1.43. The molecule has 0 saturated heterocycles. The molecule has 13 heavy (non-hydrogen) atoms. The van der Waals surface area contributed by atoms with Crippen LogP contribution in [-0.4, -0.2) is 16.8 Å². The fourth-order valence-corrected chi connectivity index (χ4v) is 7.76. The van der Waals surface area contributed by atoms with E-state index in [4.69, 9.17) is 22.5 Å². The van der Waals surface area contributed by atoms with Crippen molar-refractivity contribution in [3.8, 4) is 0 Å². The quantitative estimate of drug-likeness (QED) is 0.585. The van der Waals surface area contributed by atoms with E-state index in [0.29, 0.717) is 0 Å². The normalized spacial score (nSPS) is 14.2. The summed E-state index contributed by atoms with van der Waals surface area (Å²) in [5.74, 6) is -4.06. The molecule has 0 radical (unpaired) electrons. The monoisotopic (exact) mass is 329 g/mol. The first kappa shape index (κ1) is 14.2. The molecule has 80 valence electrons. The highest BCUT2D eigenvalue weighted by atomic mass is 35.9. The molecule has 0 aliphatic rings. The van der Waals surface area contributed by atoms with E-state index in [1.165, 1.54) is 0 Å². The van der Waals surface area contributed by atoms with E-state index >= 15 is 0 Å². The van der Waals surface area contributed by atoms with Gasteiger partial charge in [0.25, 0.3) is 5.99 Å². The van der Waals surface area contributed by atoms with Crippen LogP contribution in [0, 0.1) is 0 Å². The first-order chi connectivity index (χ1) is 5.41. The van der Waals surface area contributed by atoms with Crippen LogP contribution in [0.1, 0.15) is 0 Å². The Balaban J connectivity index is 5.13. The Morgan fingerprint density at radius 2 is 1.46 bits per heavy atom.